The van der Waals surface area contributed by atoms with Gasteiger partial charge in [-0.05, 0) is 27.7 Å². The Balaban J connectivity index is 1.96. The van der Waals surface area contributed by atoms with Crippen molar-refractivity contribution in [3.8, 4) is 0 Å². The van der Waals surface area contributed by atoms with Crippen molar-refractivity contribution < 1.29 is 9.13 Å². The molecule has 2 aliphatic heterocycles. The van der Waals surface area contributed by atoms with Crippen LogP contribution in [0.15, 0.2) is 0 Å². The number of morpholine rings is 1. The van der Waals surface area contributed by atoms with Gasteiger partial charge in [0.1, 0.15) is 6.17 Å². The number of halogens is 1. The highest BCUT2D eigenvalue weighted by molar-refractivity contribution is 4.97. The van der Waals surface area contributed by atoms with E-state index in [9.17, 15) is 4.39 Å². The molecule has 0 aromatic rings. The number of likely N-dealkylation sites (tertiary alicyclic amines) is 1. The molecule has 3 nitrogen and oxygen atoms in total. The second kappa shape index (κ2) is 5.43. The summed E-state index contributed by atoms with van der Waals surface area (Å²) < 4.78 is 19.6. The van der Waals surface area contributed by atoms with Crippen LogP contribution in [0.25, 0.3) is 0 Å². The molecule has 0 bridgehead atoms. The van der Waals surface area contributed by atoms with Gasteiger partial charge in [-0.1, -0.05) is 0 Å². The van der Waals surface area contributed by atoms with Crippen LogP contribution in [0.1, 0.15) is 27.7 Å². The molecule has 0 saturated carbocycles. The van der Waals surface area contributed by atoms with E-state index in [1.54, 1.807) is 0 Å². The van der Waals surface area contributed by atoms with Crippen molar-refractivity contribution in [1.82, 2.24) is 9.80 Å². The van der Waals surface area contributed by atoms with Gasteiger partial charge in [0.25, 0.3) is 0 Å². The molecule has 2 heterocycles. The maximum atomic E-state index is 14.3. The summed E-state index contributed by atoms with van der Waals surface area (Å²) in [5.74, 6) is 0.141. The molecular weight excluding hydrogens is 231 g/mol. The first-order chi connectivity index (χ1) is 8.39. The fourth-order valence-electron chi connectivity index (χ4n) is 3.26. The summed E-state index contributed by atoms with van der Waals surface area (Å²) in [7, 11) is 0. The van der Waals surface area contributed by atoms with E-state index in [2.05, 4.69) is 37.5 Å². The van der Waals surface area contributed by atoms with Gasteiger partial charge in [0.15, 0.2) is 0 Å². The van der Waals surface area contributed by atoms with E-state index in [1.165, 1.54) is 0 Å². The highest BCUT2D eigenvalue weighted by atomic mass is 19.1. The minimum absolute atomic E-state index is 0.0590. The molecule has 106 valence electrons. The summed E-state index contributed by atoms with van der Waals surface area (Å²) in [4.78, 5) is 4.66. The smallest absolute Gasteiger partial charge is 0.118 e. The number of hydrogen-bond acceptors (Lipinski definition) is 3. The summed E-state index contributed by atoms with van der Waals surface area (Å²) >= 11 is 0. The van der Waals surface area contributed by atoms with Gasteiger partial charge in [-0.15, -0.1) is 0 Å². The zero-order valence-corrected chi connectivity index (χ0v) is 12.2. The fourth-order valence-corrected chi connectivity index (χ4v) is 3.26. The summed E-state index contributed by atoms with van der Waals surface area (Å²) in [5, 5.41) is 0. The molecule has 2 rings (SSSR count). The van der Waals surface area contributed by atoms with E-state index in [0.29, 0.717) is 12.6 Å². The van der Waals surface area contributed by atoms with E-state index in [-0.39, 0.29) is 11.5 Å². The third kappa shape index (κ3) is 3.03. The van der Waals surface area contributed by atoms with Crippen LogP contribution in [0, 0.1) is 5.92 Å². The van der Waals surface area contributed by atoms with Gasteiger partial charge in [0.2, 0.25) is 0 Å². The first kappa shape index (κ1) is 14.2. The van der Waals surface area contributed by atoms with Crippen molar-refractivity contribution in [1.29, 1.82) is 0 Å². The SMILES string of the molecule is C[C@@H]1C(CN2CCOCC2)[C@@H](F)CN1C(C)(C)C. The van der Waals surface area contributed by atoms with E-state index in [4.69, 9.17) is 4.74 Å². The topological polar surface area (TPSA) is 15.7 Å². The van der Waals surface area contributed by atoms with Crippen molar-refractivity contribution in [2.45, 2.75) is 45.4 Å². The Bertz CT molecular complexity index is 273. The minimum Gasteiger partial charge on any atom is -0.379 e. The number of nitrogens with zero attached hydrogens (tertiary/aromatic N) is 2. The van der Waals surface area contributed by atoms with Crippen LogP contribution < -0.4 is 0 Å². The normalized spacial score (nSPS) is 36.2. The number of alkyl halides is 1. The second-order valence-corrected chi connectivity index (χ2v) is 6.66. The number of rotatable bonds is 2. The predicted octanol–water partition coefficient (Wildman–Crippen LogP) is 1.78. The Kier molecular flexibility index (Phi) is 4.29. The molecule has 0 aromatic heterocycles. The molecule has 0 aromatic carbocycles. The molecule has 4 heteroatoms. The Labute approximate surface area is 110 Å². The van der Waals surface area contributed by atoms with Crippen LogP contribution in [0.5, 0.6) is 0 Å². The molecule has 1 unspecified atom stereocenters. The van der Waals surface area contributed by atoms with Gasteiger partial charge < -0.3 is 4.74 Å². The molecule has 0 spiro atoms. The summed E-state index contributed by atoms with van der Waals surface area (Å²) in [6, 6.07) is 0.322. The van der Waals surface area contributed by atoms with Gasteiger partial charge in [-0.25, -0.2) is 4.39 Å². The average Bonchev–Trinajstić information content (AvgIpc) is 2.58. The van der Waals surface area contributed by atoms with Crippen LogP contribution >= 0.6 is 0 Å². The summed E-state index contributed by atoms with van der Waals surface area (Å²) in [6.45, 7) is 13.6. The Morgan fingerprint density at radius 1 is 1.22 bits per heavy atom. The Morgan fingerprint density at radius 2 is 1.83 bits per heavy atom. The van der Waals surface area contributed by atoms with Gasteiger partial charge in [-0.3, -0.25) is 9.80 Å². The molecule has 3 atom stereocenters. The zero-order chi connectivity index (χ0) is 13.3. The lowest BCUT2D eigenvalue weighted by atomic mass is 9.97. The highest BCUT2D eigenvalue weighted by Gasteiger charge is 2.44. The van der Waals surface area contributed by atoms with Crippen LogP contribution in [0.3, 0.4) is 0 Å². The molecule has 0 amide bonds. The van der Waals surface area contributed by atoms with Crippen LogP contribution in [0.2, 0.25) is 0 Å². The first-order valence-corrected chi connectivity index (χ1v) is 7.10. The Hall–Kier alpha value is -0.190. The molecule has 2 fully saturated rings. The third-order valence-electron chi connectivity index (χ3n) is 4.38. The maximum Gasteiger partial charge on any atom is 0.118 e. The summed E-state index contributed by atoms with van der Waals surface area (Å²) in [5.41, 5.74) is 0.0590. The number of ether oxygens (including phenoxy) is 1. The summed E-state index contributed by atoms with van der Waals surface area (Å²) in [6.07, 6.45) is -0.693. The lowest BCUT2D eigenvalue weighted by Crippen LogP contribution is -2.47. The Morgan fingerprint density at radius 3 is 2.33 bits per heavy atom. The van der Waals surface area contributed by atoms with Crippen LogP contribution in [-0.4, -0.2) is 66.9 Å². The maximum absolute atomic E-state index is 14.3. The largest absolute Gasteiger partial charge is 0.379 e. The lowest BCUT2D eigenvalue weighted by Gasteiger charge is -2.37. The van der Waals surface area contributed by atoms with E-state index in [1.807, 2.05) is 0 Å². The van der Waals surface area contributed by atoms with Gasteiger partial charge >= 0.3 is 0 Å². The molecule has 0 radical (unpaired) electrons. The van der Waals surface area contributed by atoms with Crippen molar-refractivity contribution in [2.75, 3.05) is 39.4 Å². The highest BCUT2D eigenvalue weighted by Crippen LogP contribution is 2.33. The predicted molar refractivity (Wildman–Crippen MR) is 71.6 cm³/mol. The zero-order valence-electron chi connectivity index (χ0n) is 12.2. The molecule has 0 aliphatic carbocycles. The van der Waals surface area contributed by atoms with Gasteiger partial charge in [0.05, 0.1) is 13.2 Å². The van der Waals surface area contributed by atoms with Crippen molar-refractivity contribution >= 4 is 0 Å². The van der Waals surface area contributed by atoms with Crippen LogP contribution in [0.4, 0.5) is 4.39 Å². The van der Waals surface area contributed by atoms with Gasteiger partial charge in [0, 0.05) is 43.7 Å². The van der Waals surface area contributed by atoms with Crippen molar-refractivity contribution in [3.63, 3.8) is 0 Å². The van der Waals surface area contributed by atoms with E-state index < -0.39 is 6.17 Å². The number of hydrogen-bond donors (Lipinski definition) is 0. The van der Waals surface area contributed by atoms with Crippen LogP contribution in [-0.2, 0) is 4.74 Å². The lowest BCUT2D eigenvalue weighted by molar-refractivity contribution is 0.0218. The molecule has 18 heavy (non-hydrogen) atoms. The molecular formula is C14H27FN2O. The first-order valence-electron chi connectivity index (χ1n) is 7.10. The molecule has 0 N–H and O–H groups in total. The fraction of sp³-hybridized carbons (Fsp3) is 1.00. The standard InChI is InChI=1S/C14H27FN2O/c1-11-12(9-16-5-7-18-8-6-16)13(15)10-17(11)14(2,3)4/h11-13H,5-10H2,1-4H3/t11-,12?,13+/m1/s1. The monoisotopic (exact) mass is 258 g/mol. The average molecular weight is 258 g/mol. The second-order valence-electron chi connectivity index (χ2n) is 6.66. The van der Waals surface area contributed by atoms with Gasteiger partial charge in [-0.2, -0.15) is 0 Å². The van der Waals surface area contributed by atoms with E-state index >= 15 is 0 Å². The molecule has 2 aliphatic rings. The quantitative estimate of drug-likeness (QED) is 0.751. The third-order valence-corrected chi connectivity index (χ3v) is 4.38. The van der Waals surface area contributed by atoms with Crippen molar-refractivity contribution in [2.24, 2.45) is 5.92 Å². The van der Waals surface area contributed by atoms with E-state index in [0.717, 1.165) is 32.8 Å². The minimum atomic E-state index is -0.693. The van der Waals surface area contributed by atoms with Crippen molar-refractivity contribution in [3.05, 3.63) is 0 Å². The molecule has 2 saturated heterocycles.